The van der Waals surface area contributed by atoms with Crippen molar-refractivity contribution in [2.24, 2.45) is 0 Å². The molecule has 1 aromatic heterocycles. The Balaban J connectivity index is 2.23. The van der Waals surface area contributed by atoms with Gasteiger partial charge in [0.15, 0.2) is 0 Å². The molecule has 0 spiro atoms. The van der Waals surface area contributed by atoms with Crippen LogP contribution in [0.25, 0.3) is 11.0 Å². The van der Waals surface area contributed by atoms with E-state index in [4.69, 9.17) is 11.6 Å². The van der Waals surface area contributed by atoms with Gasteiger partial charge in [-0.2, -0.15) is 0 Å². The van der Waals surface area contributed by atoms with Crippen LogP contribution < -0.4 is 0 Å². The van der Waals surface area contributed by atoms with Crippen molar-refractivity contribution in [3.63, 3.8) is 0 Å². The van der Waals surface area contributed by atoms with E-state index >= 15 is 0 Å². The summed E-state index contributed by atoms with van der Waals surface area (Å²) in [6.07, 6.45) is 3.61. The van der Waals surface area contributed by atoms with Crippen LogP contribution in [0.3, 0.4) is 0 Å². The summed E-state index contributed by atoms with van der Waals surface area (Å²) in [4.78, 5) is 4.25. The summed E-state index contributed by atoms with van der Waals surface area (Å²) in [6.45, 7) is 0. The molecule has 0 atom stereocenters. The van der Waals surface area contributed by atoms with Crippen LogP contribution in [0.5, 0.6) is 5.75 Å². The summed E-state index contributed by atoms with van der Waals surface area (Å²) in [6, 6.07) is 5.69. The van der Waals surface area contributed by atoms with E-state index in [1.54, 1.807) is 12.1 Å². The van der Waals surface area contributed by atoms with Gasteiger partial charge in [-0.3, -0.25) is 0 Å². The molecule has 3 rings (SSSR count). The summed E-state index contributed by atoms with van der Waals surface area (Å²) in [5, 5.41) is 9.88. The van der Waals surface area contributed by atoms with Crippen molar-refractivity contribution in [3.05, 3.63) is 23.5 Å². The Labute approximate surface area is 92.3 Å². The van der Waals surface area contributed by atoms with Gasteiger partial charge < -0.3 is 9.67 Å². The Morgan fingerprint density at radius 2 is 2.20 bits per heavy atom. The van der Waals surface area contributed by atoms with Gasteiger partial charge >= 0.3 is 0 Å². The van der Waals surface area contributed by atoms with E-state index in [2.05, 4.69) is 9.55 Å². The fraction of sp³-hybridized carbons (Fsp3) is 0.364. The number of fused-ring (bicyclic) bond motifs is 1. The molecule has 15 heavy (non-hydrogen) atoms. The second kappa shape index (κ2) is 3.14. The van der Waals surface area contributed by atoms with Crippen molar-refractivity contribution in [1.29, 1.82) is 0 Å². The molecule has 1 aromatic carbocycles. The molecule has 0 unspecified atom stereocenters. The molecule has 3 nitrogen and oxygen atoms in total. The number of hydrogen-bond donors (Lipinski definition) is 1. The number of imidazole rings is 1. The minimum Gasteiger partial charge on any atom is -0.508 e. The minimum absolute atomic E-state index is 0.234. The van der Waals surface area contributed by atoms with Gasteiger partial charge in [-0.1, -0.05) is 0 Å². The zero-order chi connectivity index (χ0) is 10.4. The first-order valence-electron chi connectivity index (χ1n) is 5.12. The lowest BCUT2D eigenvalue weighted by Gasteiger charge is -2.27. The fourth-order valence-corrected chi connectivity index (χ4v) is 2.37. The maximum absolute atomic E-state index is 9.35. The Kier molecular flexibility index (Phi) is 1.89. The van der Waals surface area contributed by atoms with Gasteiger partial charge in [-0.25, -0.2) is 4.98 Å². The van der Waals surface area contributed by atoms with Gasteiger partial charge in [-0.05, 0) is 43.0 Å². The minimum atomic E-state index is 0.234. The molecule has 1 aliphatic rings. The van der Waals surface area contributed by atoms with Gasteiger partial charge in [0.25, 0.3) is 0 Å². The number of aromatic hydroxyl groups is 1. The molecule has 1 heterocycles. The van der Waals surface area contributed by atoms with Crippen LogP contribution in [0.1, 0.15) is 25.3 Å². The highest BCUT2D eigenvalue weighted by Gasteiger charge is 2.23. The van der Waals surface area contributed by atoms with Crippen LogP contribution in [0.15, 0.2) is 18.2 Å². The Morgan fingerprint density at radius 3 is 2.87 bits per heavy atom. The number of phenolic OH excluding ortho intramolecular Hbond substituents is 1. The molecule has 1 fully saturated rings. The average Bonchev–Trinajstić information content (AvgIpc) is 2.40. The molecule has 78 valence electrons. The first-order chi connectivity index (χ1) is 7.25. The summed E-state index contributed by atoms with van der Waals surface area (Å²) in [7, 11) is 0. The number of benzene rings is 1. The second-order valence-electron chi connectivity index (χ2n) is 4.01. The molecule has 1 aliphatic carbocycles. The average molecular weight is 223 g/mol. The van der Waals surface area contributed by atoms with Gasteiger partial charge in [0.05, 0.1) is 11.0 Å². The monoisotopic (exact) mass is 222 g/mol. The SMILES string of the molecule is Oc1ccc2c(c1)nc(Cl)n2C1CCC1. The maximum Gasteiger partial charge on any atom is 0.204 e. The van der Waals surface area contributed by atoms with E-state index in [0.717, 1.165) is 11.0 Å². The third kappa shape index (κ3) is 1.30. The van der Waals surface area contributed by atoms with E-state index in [1.807, 2.05) is 6.07 Å². The fourth-order valence-electron chi connectivity index (χ4n) is 2.05. The van der Waals surface area contributed by atoms with Gasteiger partial charge in [0.2, 0.25) is 5.28 Å². The van der Waals surface area contributed by atoms with E-state index in [0.29, 0.717) is 11.3 Å². The summed E-state index contributed by atoms with van der Waals surface area (Å²) in [5.74, 6) is 0.234. The van der Waals surface area contributed by atoms with Crippen molar-refractivity contribution in [2.75, 3.05) is 0 Å². The molecule has 0 bridgehead atoms. The zero-order valence-corrected chi connectivity index (χ0v) is 8.91. The third-order valence-electron chi connectivity index (χ3n) is 3.07. The second-order valence-corrected chi connectivity index (χ2v) is 4.35. The molecular weight excluding hydrogens is 212 g/mol. The molecule has 0 amide bonds. The van der Waals surface area contributed by atoms with Crippen molar-refractivity contribution >= 4 is 22.6 Å². The molecule has 0 aliphatic heterocycles. The van der Waals surface area contributed by atoms with Crippen molar-refractivity contribution in [3.8, 4) is 5.75 Å². The molecule has 0 radical (unpaired) electrons. The van der Waals surface area contributed by atoms with Crippen molar-refractivity contribution < 1.29 is 5.11 Å². The Hall–Kier alpha value is -1.22. The molecule has 4 heteroatoms. The third-order valence-corrected chi connectivity index (χ3v) is 3.34. The lowest BCUT2D eigenvalue weighted by Crippen LogP contribution is -2.16. The van der Waals surface area contributed by atoms with Crippen LogP contribution in [0.2, 0.25) is 5.28 Å². The molecule has 2 aromatic rings. The van der Waals surface area contributed by atoms with E-state index in [9.17, 15) is 5.11 Å². The lowest BCUT2D eigenvalue weighted by molar-refractivity contribution is 0.320. The predicted octanol–water partition coefficient (Wildman–Crippen LogP) is 3.12. The van der Waals surface area contributed by atoms with Crippen LogP contribution in [0.4, 0.5) is 0 Å². The van der Waals surface area contributed by atoms with Crippen molar-refractivity contribution in [1.82, 2.24) is 9.55 Å². The summed E-state index contributed by atoms with van der Waals surface area (Å²) in [5.41, 5.74) is 1.79. The Morgan fingerprint density at radius 1 is 1.40 bits per heavy atom. The lowest BCUT2D eigenvalue weighted by atomic mass is 9.93. The smallest absolute Gasteiger partial charge is 0.204 e. The predicted molar refractivity (Wildman–Crippen MR) is 59.3 cm³/mol. The van der Waals surface area contributed by atoms with Gasteiger partial charge in [0.1, 0.15) is 5.75 Å². The largest absolute Gasteiger partial charge is 0.508 e. The topological polar surface area (TPSA) is 38.1 Å². The van der Waals surface area contributed by atoms with Crippen molar-refractivity contribution in [2.45, 2.75) is 25.3 Å². The number of aromatic nitrogens is 2. The maximum atomic E-state index is 9.35. The highest BCUT2D eigenvalue weighted by molar-refractivity contribution is 6.29. The standard InChI is InChI=1S/C11H11ClN2O/c12-11-13-9-6-8(15)4-5-10(9)14(11)7-2-1-3-7/h4-7,15H,1-3H2. The molecule has 0 saturated heterocycles. The zero-order valence-electron chi connectivity index (χ0n) is 8.15. The van der Waals surface area contributed by atoms with Crippen LogP contribution >= 0.6 is 11.6 Å². The first-order valence-corrected chi connectivity index (χ1v) is 5.50. The van der Waals surface area contributed by atoms with E-state index < -0.39 is 0 Å². The van der Waals surface area contributed by atoms with Crippen LogP contribution in [0, 0.1) is 0 Å². The molecular formula is C11H11ClN2O. The number of phenols is 1. The summed E-state index contributed by atoms with van der Waals surface area (Å²) >= 11 is 6.10. The van der Waals surface area contributed by atoms with E-state index in [1.165, 1.54) is 19.3 Å². The first kappa shape index (κ1) is 9.04. The van der Waals surface area contributed by atoms with Gasteiger partial charge in [-0.15, -0.1) is 0 Å². The molecule has 1 saturated carbocycles. The number of hydrogen-bond acceptors (Lipinski definition) is 2. The highest BCUT2D eigenvalue weighted by atomic mass is 35.5. The Bertz CT molecular complexity index is 517. The molecule has 1 N–H and O–H groups in total. The number of rotatable bonds is 1. The highest BCUT2D eigenvalue weighted by Crippen LogP contribution is 2.37. The van der Waals surface area contributed by atoms with Crippen LogP contribution in [-0.4, -0.2) is 14.7 Å². The summed E-state index contributed by atoms with van der Waals surface area (Å²) < 4.78 is 2.07. The number of halogens is 1. The normalized spacial score (nSPS) is 16.9. The number of nitrogens with zero attached hydrogens (tertiary/aromatic N) is 2. The van der Waals surface area contributed by atoms with Gasteiger partial charge in [0, 0.05) is 12.1 Å². The van der Waals surface area contributed by atoms with E-state index in [-0.39, 0.29) is 5.75 Å². The van der Waals surface area contributed by atoms with Crippen LogP contribution in [-0.2, 0) is 0 Å². The quantitative estimate of drug-likeness (QED) is 0.805.